The van der Waals surface area contributed by atoms with E-state index in [2.05, 4.69) is 28.8 Å². The summed E-state index contributed by atoms with van der Waals surface area (Å²) < 4.78 is 13.5. The van der Waals surface area contributed by atoms with E-state index < -0.39 is 0 Å². The largest absolute Gasteiger partial charge is 0.381 e. The van der Waals surface area contributed by atoms with Crippen LogP contribution in [0.25, 0.3) is 0 Å². The first-order valence-corrected chi connectivity index (χ1v) is 8.43. The van der Waals surface area contributed by atoms with Gasteiger partial charge in [0.15, 0.2) is 0 Å². The lowest BCUT2D eigenvalue weighted by molar-refractivity contribution is -0.0620. The molecule has 0 amide bonds. The van der Waals surface area contributed by atoms with Gasteiger partial charge < -0.3 is 9.47 Å². The third-order valence-corrected chi connectivity index (χ3v) is 5.06. The second-order valence-corrected chi connectivity index (χ2v) is 6.70. The molecule has 0 unspecified atom stereocenters. The maximum Gasteiger partial charge on any atom is 0.141 e. The summed E-state index contributed by atoms with van der Waals surface area (Å²) in [6.07, 6.45) is 5.71. The number of nitrogens with zero attached hydrogens (tertiary/aromatic N) is 4. The van der Waals surface area contributed by atoms with E-state index in [0.717, 1.165) is 32.1 Å². The van der Waals surface area contributed by atoms with Crippen LogP contribution in [0.1, 0.15) is 45.0 Å². The molecule has 0 bridgehead atoms. The van der Waals surface area contributed by atoms with Crippen LogP contribution in [0.4, 0.5) is 0 Å². The first-order valence-electron chi connectivity index (χ1n) is 8.43. The summed E-state index contributed by atoms with van der Waals surface area (Å²) in [5, 5.41) is 4.36. The van der Waals surface area contributed by atoms with Gasteiger partial charge in [-0.3, -0.25) is 4.90 Å². The number of methoxy groups -OCH3 is 1. The van der Waals surface area contributed by atoms with Gasteiger partial charge in [-0.1, -0.05) is 6.42 Å². The second kappa shape index (κ2) is 7.06. The first kappa shape index (κ1) is 15.9. The molecule has 0 N–H and O–H groups in total. The van der Waals surface area contributed by atoms with Gasteiger partial charge in [-0.15, -0.1) is 0 Å². The Balaban J connectivity index is 1.74. The molecule has 1 saturated carbocycles. The summed E-state index contributed by atoms with van der Waals surface area (Å²) >= 11 is 0. The van der Waals surface area contributed by atoms with Gasteiger partial charge in [-0.05, 0) is 26.7 Å². The molecular weight excluding hydrogens is 280 g/mol. The highest BCUT2D eigenvalue weighted by atomic mass is 16.5. The van der Waals surface area contributed by atoms with E-state index in [0.29, 0.717) is 24.1 Å². The van der Waals surface area contributed by atoms with Crippen molar-refractivity contribution in [3.05, 3.63) is 12.2 Å². The Morgan fingerprint density at radius 3 is 3.05 bits per heavy atom. The molecule has 2 aliphatic rings. The normalized spacial score (nSPS) is 30.3. The molecule has 1 aromatic heterocycles. The molecule has 0 spiro atoms. The molecule has 0 aromatic carbocycles. The maximum atomic E-state index is 5.77. The lowest BCUT2D eigenvalue weighted by Crippen LogP contribution is -2.51. The van der Waals surface area contributed by atoms with Crippen LogP contribution in [0.15, 0.2) is 6.33 Å². The Morgan fingerprint density at radius 2 is 2.27 bits per heavy atom. The van der Waals surface area contributed by atoms with Crippen molar-refractivity contribution in [3.63, 3.8) is 0 Å². The van der Waals surface area contributed by atoms with Gasteiger partial charge >= 0.3 is 0 Å². The molecule has 22 heavy (non-hydrogen) atoms. The summed E-state index contributed by atoms with van der Waals surface area (Å²) in [6, 6.07) is 0.772. The van der Waals surface area contributed by atoms with E-state index in [4.69, 9.17) is 9.47 Å². The van der Waals surface area contributed by atoms with E-state index >= 15 is 0 Å². The van der Waals surface area contributed by atoms with Gasteiger partial charge in [0.1, 0.15) is 12.2 Å². The highest BCUT2D eigenvalue weighted by Gasteiger charge is 2.38. The van der Waals surface area contributed by atoms with Crippen molar-refractivity contribution in [3.8, 4) is 0 Å². The molecule has 0 radical (unpaired) electrons. The zero-order valence-electron chi connectivity index (χ0n) is 13.9. The monoisotopic (exact) mass is 308 g/mol. The van der Waals surface area contributed by atoms with Gasteiger partial charge in [0, 0.05) is 31.7 Å². The predicted molar refractivity (Wildman–Crippen MR) is 83.6 cm³/mol. The minimum Gasteiger partial charge on any atom is -0.381 e. The fraction of sp³-hybridized carbons (Fsp3) is 0.875. The van der Waals surface area contributed by atoms with Gasteiger partial charge in [0.05, 0.1) is 25.9 Å². The molecule has 2 fully saturated rings. The highest BCUT2D eigenvalue weighted by molar-refractivity contribution is 4.94. The Hall–Kier alpha value is -0.980. The maximum absolute atomic E-state index is 5.77. The van der Waals surface area contributed by atoms with Crippen molar-refractivity contribution in [2.45, 2.75) is 57.8 Å². The lowest BCUT2D eigenvalue weighted by Gasteiger charge is -2.40. The summed E-state index contributed by atoms with van der Waals surface area (Å²) in [6.45, 7) is 7.71. The van der Waals surface area contributed by atoms with Crippen molar-refractivity contribution >= 4 is 0 Å². The molecule has 6 heteroatoms. The van der Waals surface area contributed by atoms with Crippen molar-refractivity contribution in [2.24, 2.45) is 5.92 Å². The van der Waals surface area contributed by atoms with E-state index in [-0.39, 0.29) is 0 Å². The zero-order valence-corrected chi connectivity index (χ0v) is 13.9. The quantitative estimate of drug-likeness (QED) is 0.831. The van der Waals surface area contributed by atoms with Crippen LogP contribution in [-0.4, -0.2) is 58.7 Å². The fourth-order valence-electron chi connectivity index (χ4n) is 3.94. The zero-order chi connectivity index (χ0) is 15.5. The van der Waals surface area contributed by atoms with Gasteiger partial charge in [0.2, 0.25) is 0 Å². The fourth-order valence-corrected chi connectivity index (χ4v) is 3.94. The van der Waals surface area contributed by atoms with Gasteiger partial charge in [-0.25, -0.2) is 9.67 Å². The Bertz CT molecular complexity index is 476. The molecule has 1 saturated heterocycles. The molecule has 124 valence electrons. The van der Waals surface area contributed by atoms with Crippen LogP contribution < -0.4 is 0 Å². The SMILES string of the molecule is CO[C@@H]1CCC[C@H]1[C@@H]1COCCN1Cc1ncnn1C(C)C. The Kier molecular flexibility index (Phi) is 5.10. The number of ether oxygens (including phenoxy) is 2. The number of rotatable bonds is 5. The van der Waals surface area contributed by atoms with Crippen molar-refractivity contribution in [1.29, 1.82) is 0 Å². The van der Waals surface area contributed by atoms with E-state index in [1.54, 1.807) is 6.33 Å². The lowest BCUT2D eigenvalue weighted by atomic mass is 9.94. The summed E-state index contributed by atoms with van der Waals surface area (Å²) in [4.78, 5) is 6.99. The average molecular weight is 308 g/mol. The van der Waals surface area contributed by atoms with Gasteiger partial charge in [0.25, 0.3) is 0 Å². The predicted octanol–water partition coefficient (Wildman–Crippen LogP) is 1.87. The molecular formula is C16H28N4O2. The third kappa shape index (κ3) is 3.19. The van der Waals surface area contributed by atoms with Crippen LogP contribution in [-0.2, 0) is 16.0 Å². The first-order chi connectivity index (χ1) is 10.7. The van der Waals surface area contributed by atoms with Crippen LogP contribution in [0.2, 0.25) is 0 Å². The molecule has 3 rings (SSSR count). The summed E-state index contributed by atoms with van der Waals surface area (Å²) in [7, 11) is 1.84. The van der Waals surface area contributed by atoms with E-state index in [1.165, 1.54) is 19.3 Å². The van der Waals surface area contributed by atoms with Gasteiger partial charge in [-0.2, -0.15) is 5.10 Å². The van der Waals surface area contributed by atoms with E-state index in [9.17, 15) is 0 Å². The minimum atomic E-state index is 0.343. The molecule has 6 nitrogen and oxygen atoms in total. The van der Waals surface area contributed by atoms with Crippen molar-refractivity contribution in [2.75, 3.05) is 26.9 Å². The number of hydrogen-bond acceptors (Lipinski definition) is 5. The minimum absolute atomic E-state index is 0.343. The topological polar surface area (TPSA) is 52.4 Å². The standard InChI is InChI=1S/C16H28N4O2/c1-12(2)20-16(17-11-18-20)9-19-7-8-22-10-14(19)13-5-4-6-15(13)21-3/h11-15H,4-10H2,1-3H3/t13-,14-,15+/m0/s1. The molecule has 1 aliphatic heterocycles. The second-order valence-electron chi connectivity index (χ2n) is 6.70. The number of aromatic nitrogens is 3. The van der Waals surface area contributed by atoms with Crippen LogP contribution in [0, 0.1) is 5.92 Å². The third-order valence-electron chi connectivity index (χ3n) is 5.06. The molecule has 1 aromatic rings. The van der Waals surface area contributed by atoms with Crippen LogP contribution in [0.3, 0.4) is 0 Å². The highest BCUT2D eigenvalue weighted by Crippen LogP contribution is 2.34. The summed E-state index contributed by atoms with van der Waals surface area (Å²) in [5.74, 6) is 1.62. The molecule has 1 aliphatic carbocycles. The molecule has 2 heterocycles. The number of morpholine rings is 1. The number of hydrogen-bond donors (Lipinski definition) is 0. The molecule has 3 atom stereocenters. The Labute approximate surface area is 132 Å². The smallest absolute Gasteiger partial charge is 0.141 e. The Morgan fingerprint density at radius 1 is 1.41 bits per heavy atom. The van der Waals surface area contributed by atoms with Crippen LogP contribution in [0.5, 0.6) is 0 Å². The average Bonchev–Trinajstić information content (AvgIpc) is 3.16. The summed E-state index contributed by atoms with van der Waals surface area (Å²) in [5.41, 5.74) is 0. The van der Waals surface area contributed by atoms with Crippen molar-refractivity contribution in [1.82, 2.24) is 19.7 Å². The van der Waals surface area contributed by atoms with Crippen molar-refractivity contribution < 1.29 is 9.47 Å². The van der Waals surface area contributed by atoms with E-state index in [1.807, 2.05) is 11.8 Å². The van der Waals surface area contributed by atoms with Crippen LogP contribution >= 0.6 is 0 Å².